The van der Waals surface area contributed by atoms with Crippen molar-refractivity contribution in [2.75, 3.05) is 7.11 Å². The maximum atomic E-state index is 5.75. The number of aryl methyl sites for hydroxylation is 1. The Kier molecular flexibility index (Phi) is 3.12. The Morgan fingerprint density at radius 3 is 2.08 bits per heavy atom. The van der Waals surface area contributed by atoms with Crippen LogP contribution in [0, 0.1) is 0 Å². The molecule has 0 saturated heterocycles. The summed E-state index contributed by atoms with van der Waals surface area (Å²) in [5.74, 6) is 0.946. The van der Waals surface area contributed by atoms with Gasteiger partial charge in [-0.1, -0.05) is 30.1 Å². The van der Waals surface area contributed by atoms with Crippen LogP contribution in [-0.4, -0.2) is 17.1 Å². The topological polar surface area (TPSA) is 35.0 Å². The van der Waals surface area contributed by atoms with Gasteiger partial charge in [0.05, 0.1) is 7.11 Å². The highest BCUT2D eigenvalue weighted by Gasteiger charge is 2.10. The summed E-state index contributed by atoms with van der Waals surface area (Å²) in [6, 6.07) is 0. The molecule has 1 rings (SSSR count). The fraction of sp³-hybridized carbons (Fsp3) is 0.429. The first-order valence-electron chi connectivity index (χ1n) is 3.45. The van der Waals surface area contributed by atoms with E-state index in [0.29, 0.717) is 18.0 Å². The lowest BCUT2D eigenvalue weighted by Crippen LogP contribution is -1.97. The molecule has 0 fully saturated rings. The minimum atomic E-state index is 0.259. The molecule has 0 aromatic carbocycles. The number of hydrogen-bond acceptors (Lipinski definition) is 3. The van der Waals surface area contributed by atoms with E-state index in [2.05, 4.69) is 9.97 Å². The molecule has 66 valence electrons. The normalized spacial score (nSPS) is 10.0. The van der Waals surface area contributed by atoms with E-state index in [0.717, 1.165) is 0 Å². The predicted molar refractivity (Wildman–Crippen MR) is 48.0 cm³/mol. The molecule has 0 bridgehead atoms. The van der Waals surface area contributed by atoms with Gasteiger partial charge >= 0.3 is 0 Å². The van der Waals surface area contributed by atoms with Crippen molar-refractivity contribution in [2.24, 2.45) is 0 Å². The fourth-order valence-electron chi connectivity index (χ4n) is 0.765. The second-order valence-electron chi connectivity index (χ2n) is 2.11. The van der Waals surface area contributed by atoms with Gasteiger partial charge in [0.1, 0.15) is 5.82 Å². The van der Waals surface area contributed by atoms with Crippen LogP contribution in [0.1, 0.15) is 12.7 Å². The van der Waals surface area contributed by atoms with Crippen LogP contribution in [0.2, 0.25) is 10.3 Å². The van der Waals surface area contributed by atoms with E-state index in [9.17, 15) is 0 Å². The van der Waals surface area contributed by atoms with Crippen LogP contribution in [0.5, 0.6) is 5.75 Å². The molecular weight excluding hydrogens is 199 g/mol. The van der Waals surface area contributed by atoms with Gasteiger partial charge in [0.2, 0.25) is 0 Å². The van der Waals surface area contributed by atoms with E-state index in [1.54, 1.807) is 0 Å². The quantitative estimate of drug-likeness (QED) is 0.698. The number of halogens is 2. The summed E-state index contributed by atoms with van der Waals surface area (Å²) in [4.78, 5) is 7.94. The van der Waals surface area contributed by atoms with Crippen molar-refractivity contribution in [3.63, 3.8) is 0 Å². The molecule has 0 saturated carbocycles. The maximum absolute atomic E-state index is 5.75. The van der Waals surface area contributed by atoms with Crippen LogP contribution in [0.4, 0.5) is 0 Å². The number of ether oxygens (including phenoxy) is 1. The zero-order valence-electron chi connectivity index (χ0n) is 6.77. The fourth-order valence-corrected chi connectivity index (χ4v) is 1.34. The van der Waals surface area contributed by atoms with E-state index in [4.69, 9.17) is 27.9 Å². The van der Waals surface area contributed by atoms with Crippen molar-refractivity contribution in [1.82, 2.24) is 9.97 Å². The van der Waals surface area contributed by atoms with Crippen molar-refractivity contribution in [1.29, 1.82) is 0 Å². The van der Waals surface area contributed by atoms with Gasteiger partial charge in [-0.25, -0.2) is 9.97 Å². The first kappa shape index (κ1) is 9.55. The molecule has 1 aromatic heterocycles. The molecule has 0 aliphatic rings. The second-order valence-corrected chi connectivity index (χ2v) is 2.82. The molecule has 0 spiro atoms. The van der Waals surface area contributed by atoms with Gasteiger partial charge in [-0.2, -0.15) is 0 Å². The van der Waals surface area contributed by atoms with Crippen molar-refractivity contribution in [3.05, 3.63) is 16.1 Å². The van der Waals surface area contributed by atoms with E-state index < -0.39 is 0 Å². The Hall–Kier alpha value is -0.540. The molecule has 0 atom stereocenters. The van der Waals surface area contributed by atoms with Crippen LogP contribution < -0.4 is 4.74 Å². The minimum Gasteiger partial charge on any atom is -0.491 e. The zero-order chi connectivity index (χ0) is 9.14. The summed E-state index contributed by atoms with van der Waals surface area (Å²) in [5, 5.41) is 0.517. The van der Waals surface area contributed by atoms with Crippen molar-refractivity contribution in [3.8, 4) is 5.75 Å². The third-order valence-electron chi connectivity index (χ3n) is 1.35. The second kappa shape index (κ2) is 3.92. The van der Waals surface area contributed by atoms with Crippen LogP contribution in [-0.2, 0) is 6.42 Å². The molecule has 0 unspecified atom stereocenters. The Bertz CT molecular complexity index is 268. The first-order chi connectivity index (χ1) is 5.69. The third kappa shape index (κ3) is 1.79. The molecule has 1 aromatic rings. The van der Waals surface area contributed by atoms with Crippen LogP contribution in [0.15, 0.2) is 0 Å². The number of methoxy groups -OCH3 is 1. The van der Waals surface area contributed by atoms with E-state index in [1.165, 1.54) is 7.11 Å². The molecular formula is C7H8Cl2N2O. The summed E-state index contributed by atoms with van der Waals surface area (Å²) >= 11 is 11.5. The van der Waals surface area contributed by atoms with Gasteiger partial charge in [-0.3, -0.25) is 0 Å². The van der Waals surface area contributed by atoms with Crippen molar-refractivity contribution >= 4 is 23.2 Å². The monoisotopic (exact) mass is 206 g/mol. The third-order valence-corrected chi connectivity index (χ3v) is 1.86. The van der Waals surface area contributed by atoms with Crippen LogP contribution in [0.3, 0.4) is 0 Å². The Balaban J connectivity index is 3.18. The SMILES string of the molecule is CCc1nc(Cl)c(OC)c(Cl)n1. The predicted octanol–water partition coefficient (Wildman–Crippen LogP) is 2.35. The smallest absolute Gasteiger partial charge is 0.193 e. The molecule has 0 radical (unpaired) electrons. The van der Waals surface area contributed by atoms with E-state index >= 15 is 0 Å². The molecule has 3 nitrogen and oxygen atoms in total. The highest BCUT2D eigenvalue weighted by atomic mass is 35.5. The lowest BCUT2D eigenvalue weighted by molar-refractivity contribution is 0.410. The van der Waals surface area contributed by atoms with Crippen LogP contribution >= 0.6 is 23.2 Å². The van der Waals surface area contributed by atoms with Crippen molar-refractivity contribution in [2.45, 2.75) is 13.3 Å². The molecule has 0 aliphatic heterocycles. The Morgan fingerprint density at radius 2 is 1.75 bits per heavy atom. The molecule has 12 heavy (non-hydrogen) atoms. The highest BCUT2D eigenvalue weighted by molar-refractivity contribution is 6.35. The molecule has 0 amide bonds. The number of aromatic nitrogens is 2. The Morgan fingerprint density at radius 1 is 1.25 bits per heavy atom. The molecule has 0 aliphatic carbocycles. The molecule has 0 N–H and O–H groups in total. The van der Waals surface area contributed by atoms with Gasteiger partial charge in [0.15, 0.2) is 16.1 Å². The minimum absolute atomic E-state index is 0.259. The molecule has 5 heteroatoms. The standard InChI is InChI=1S/C7H8Cl2N2O/c1-3-4-10-6(8)5(12-2)7(9)11-4/h3H2,1-2H3. The average Bonchev–Trinajstić information content (AvgIpc) is 2.03. The summed E-state index contributed by atoms with van der Waals surface area (Å²) < 4.78 is 4.89. The summed E-state index contributed by atoms with van der Waals surface area (Å²) in [6.07, 6.45) is 0.698. The Labute approximate surface area is 80.7 Å². The molecule has 1 heterocycles. The van der Waals surface area contributed by atoms with Crippen molar-refractivity contribution < 1.29 is 4.74 Å². The zero-order valence-corrected chi connectivity index (χ0v) is 8.28. The van der Waals surface area contributed by atoms with E-state index in [-0.39, 0.29) is 10.3 Å². The summed E-state index contributed by atoms with van der Waals surface area (Å²) in [5.41, 5.74) is 0. The van der Waals surface area contributed by atoms with Gasteiger partial charge in [0.25, 0.3) is 0 Å². The van der Waals surface area contributed by atoms with Gasteiger partial charge in [-0.05, 0) is 0 Å². The van der Waals surface area contributed by atoms with Gasteiger partial charge in [0, 0.05) is 6.42 Å². The number of hydrogen-bond donors (Lipinski definition) is 0. The highest BCUT2D eigenvalue weighted by Crippen LogP contribution is 2.28. The summed E-state index contributed by atoms with van der Waals surface area (Å²) in [7, 11) is 1.47. The average molecular weight is 207 g/mol. The number of nitrogens with zero attached hydrogens (tertiary/aromatic N) is 2. The van der Waals surface area contributed by atoms with E-state index in [1.807, 2.05) is 6.92 Å². The van der Waals surface area contributed by atoms with Gasteiger partial charge in [-0.15, -0.1) is 0 Å². The summed E-state index contributed by atoms with van der Waals surface area (Å²) in [6.45, 7) is 1.93. The van der Waals surface area contributed by atoms with Crippen LogP contribution in [0.25, 0.3) is 0 Å². The maximum Gasteiger partial charge on any atom is 0.193 e. The largest absolute Gasteiger partial charge is 0.491 e. The lowest BCUT2D eigenvalue weighted by atomic mass is 10.4. The lowest BCUT2D eigenvalue weighted by Gasteiger charge is -2.04. The number of rotatable bonds is 2. The first-order valence-corrected chi connectivity index (χ1v) is 4.20. The van der Waals surface area contributed by atoms with Gasteiger partial charge < -0.3 is 4.74 Å².